The topological polar surface area (TPSA) is 58.8 Å². The van der Waals surface area contributed by atoms with Crippen molar-refractivity contribution >= 4 is 11.8 Å². The summed E-state index contributed by atoms with van der Waals surface area (Å²) >= 11 is 0. The van der Waals surface area contributed by atoms with Crippen molar-refractivity contribution in [1.29, 1.82) is 0 Å². The fourth-order valence-electron chi connectivity index (χ4n) is 3.06. The first kappa shape index (κ1) is 19.2. The van der Waals surface area contributed by atoms with E-state index in [-0.39, 0.29) is 0 Å². The van der Waals surface area contributed by atoms with E-state index in [2.05, 4.69) is 9.88 Å². The Labute approximate surface area is 154 Å². The summed E-state index contributed by atoms with van der Waals surface area (Å²) in [5.74, 6) is 0.630. The maximum Gasteiger partial charge on any atom is 0.417 e. The number of hydrogen-bond acceptors (Lipinski definition) is 6. The molecule has 0 aromatic carbocycles. The van der Waals surface area contributed by atoms with Gasteiger partial charge in [0.1, 0.15) is 17.1 Å². The number of halogens is 3. The van der Waals surface area contributed by atoms with Crippen molar-refractivity contribution in [3.63, 3.8) is 0 Å². The zero-order chi connectivity index (χ0) is 19.4. The lowest BCUT2D eigenvalue weighted by Gasteiger charge is -2.22. The van der Waals surface area contributed by atoms with Crippen LogP contribution in [0.2, 0.25) is 0 Å². The molecule has 9 heteroatoms. The summed E-state index contributed by atoms with van der Waals surface area (Å²) in [6.07, 6.45) is -1.25. The summed E-state index contributed by atoms with van der Waals surface area (Å²) in [7, 11) is 1.32. The maximum atomic E-state index is 12.7. The van der Waals surface area contributed by atoms with Gasteiger partial charge < -0.3 is 14.1 Å². The van der Waals surface area contributed by atoms with Crippen molar-refractivity contribution in [2.75, 3.05) is 38.2 Å². The lowest BCUT2D eigenvalue weighted by Crippen LogP contribution is -2.31. The van der Waals surface area contributed by atoms with E-state index in [9.17, 15) is 18.0 Å². The third-order valence-electron chi connectivity index (χ3n) is 4.51. The van der Waals surface area contributed by atoms with Crippen LogP contribution in [0.4, 0.5) is 19.0 Å². The minimum Gasteiger partial charge on any atom is -0.467 e. The Hall–Kier alpha value is -2.55. The molecule has 0 spiro atoms. The van der Waals surface area contributed by atoms with Crippen molar-refractivity contribution in [2.45, 2.75) is 19.1 Å². The number of esters is 1. The average molecular weight is 383 g/mol. The first-order valence-corrected chi connectivity index (χ1v) is 8.53. The van der Waals surface area contributed by atoms with Crippen LogP contribution >= 0.6 is 0 Å². The molecule has 0 aliphatic carbocycles. The number of hydrogen-bond donors (Lipinski definition) is 0. The van der Waals surface area contributed by atoms with Crippen LogP contribution in [-0.4, -0.2) is 49.1 Å². The fourth-order valence-corrected chi connectivity index (χ4v) is 3.06. The van der Waals surface area contributed by atoms with Crippen LogP contribution in [0.25, 0.3) is 0 Å². The minimum absolute atomic E-state index is 0.406. The zero-order valence-electron chi connectivity index (χ0n) is 14.8. The molecule has 2 aromatic heterocycles. The second kappa shape index (κ2) is 7.99. The highest BCUT2D eigenvalue weighted by atomic mass is 19.4. The van der Waals surface area contributed by atoms with Gasteiger partial charge in [-0.1, -0.05) is 0 Å². The van der Waals surface area contributed by atoms with Crippen molar-refractivity contribution in [3.05, 3.63) is 47.5 Å². The number of carbonyl (C=O) groups excluding carboxylic acids is 1. The molecule has 3 rings (SSSR count). The van der Waals surface area contributed by atoms with Gasteiger partial charge in [0.05, 0.1) is 25.5 Å². The van der Waals surface area contributed by atoms with E-state index < -0.39 is 17.7 Å². The van der Waals surface area contributed by atoms with Crippen molar-refractivity contribution < 1.29 is 27.1 Å². The van der Waals surface area contributed by atoms with Crippen molar-refractivity contribution in [3.8, 4) is 0 Å². The lowest BCUT2D eigenvalue weighted by atomic mass is 10.2. The standard InChI is InChI=1S/C18H20F3N3O3/c1-26-17(25)14-5-10-27-15(14)12-23-6-2-7-24(9-8-23)16-4-3-13(11-22-16)18(19,20)21/h3-5,10-11H,2,6-9,12H2,1H3. The summed E-state index contributed by atoms with van der Waals surface area (Å²) in [5, 5.41) is 0. The summed E-state index contributed by atoms with van der Waals surface area (Å²) in [4.78, 5) is 19.8. The van der Waals surface area contributed by atoms with Crippen LogP contribution in [0, 0.1) is 0 Å². The van der Waals surface area contributed by atoms with Crippen LogP contribution in [0.3, 0.4) is 0 Å². The fraction of sp³-hybridized carbons (Fsp3) is 0.444. The van der Waals surface area contributed by atoms with Gasteiger partial charge in [-0.05, 0) is 24.6 Å². The second-order valence-electron chi connectivity index (χ2n) is 6.27. The molecule has 6 nitrogen and oxygen atoms in total. The number of aromatic nitrogens is 1. The average Bonchev–Trinajstić information content (AvgIpc) is 2.98. The van der Waals surface area contributed by atoms with Crippen molar-refractivity contribution in [1.82, 2.24) is 9.88 Å². The molecule has 0 amide bonds. The minimum atomic E-state index is -4.39. The van der Waals surface area contributed by atoms with Gasteiger partial charge in [-0.3, -0.25) is 4.90 Å². The molecular formula is C18H20F3N3O3. The van der Waals surface area contributed by atoms with E-state index >= 15 is 0 Å². The Morgan fingerprint density at radius 1 is 1.22 bits per heavy atom. The van der Waals surface area contributed by atoms with Gasteiger partial charge in [-0.25, -0.2) is 9.78 Å². The van der Waals surface area contributed by atoms with E-state index in [1.54, 1.807) is 6.07 Å². The zero-order valence-corrected chi connectivity index (χ0v) is 14.8. The molecule has 1 aliphatic rings. The van der Waals surface area contributed by atoms with Gasteiger partial charge in [-0.15, -0.1) is 0 Å². The molecule has 2 aromatic rings. The number of carbonyl (C=O) groups is 1. The van der Waals surface area contributed by atoms with Gasteiger partial charge in [0, 0.05) is 32.4 Å². The van der Waals surface area contributed by atoms with E-state index in [1.807, 2.05) is 4.90 Å². The van der Waals surface area contributed by atoms with Crippen LogP contribution in [0.5, 0.6) is 0 Å². The molecule has 0 radical (unpaired) electrons. The Morgan fingerprint density at radius 3 is 2.70 bits per heavy atom. The molecule has 27 heavy (non-hydrogen) atoms. The maximum absolute atomic E-state index is 12.7. The quantitative estimate of drug-likeness (QED) is 0.756. The van der Waals surface area contributed by atoms with Gasteiger partial charge in [0.2, 0.25) is 0 Å². The first-order valence-electron chi connectivity index (χ1n) is 8.53. The van der Waals surface area contributed by atoms with Gasteiger partial charge in [-0.2, -0.15) is 13.2 Å². The van der Waals surface area contributed by atoms with E-state index in [1.165, 1.54) is 19.4 Å². The van der Waals surface area contributed by atoms with Gasteiger partial charge >= 0.3 is 12.1 Å². The highest BCUT2D eigenvalue weighted by Crippen LogP contribution is 2.29. The molecular weight excluding hydrogens is 363 g/mol. The number of ether oxygens (including phenoxy) is 1. The molecule has 0 unspecified atom stereocenters. The molecule has 1 fully saturated rings. The molecule has 0 saturated carbocycles. The van der Waals surface area contributed by atoms with Crippen molar-refractivity contribution in [2.24, 2.45) is 0 Å². The Bertz CT molecular complexity index is 774. The number of anilines is 1. The van der Waals surface area contributed by atoms with E-state index in [4.69, 9.17) is 9.15 Å². The highest BCUT2D eigenvalue weighted by molar-refractivity contribution is 5.90. The lowest BCUT2D eigenvalue weighted by molar-refractivity contribution is -0.137. The molecule has 0 bridgehead atoms. The Kier molecular flexibility index (Phi) is 5.69. The smallest absolute Gasteiger partial charge is 0.417 e. The number of nitrogens with zero attached hydrogens (tertiary/aromatic N) is 3. The number of furan rings is 1. The third kappa shape index (κ3) is 4.60. The monoisotopic (exact) mass is 383 g/mol. The highest BCUT2D eigenvalue weighted by Gasteiger charge is 2.31. The molecule has 3 heterocycles. The predicted molar refractivity (Wildman–Crippen MR) is 91.4 cm³/mol. The third-order valence-corrected chi connectivity index (χ3v) is 4.51. The summed E-state index contributed by atoms with van der Waals surface area (Å²) in [6, 6.07) is 4.04. The second-order valence-corrected chi connectivity index (χ2v) is 6.27. The Morgan fingerprint density at radius 2 is 2.04 bits per heavy atom. The molecule has 1 aliphatic heterocycles. The molecule has 0 atom stereocenters. The SMILES string of the molecule is COC(=O)c1ccoc1CN1CCCN(c2ccc(C(F)(F)F)cn2)CC1. The molecule has 0 N–H and O–H groups in total. The summed E-state index contributed by atoms with van der Waals surface area (Å²) in [5.41, 5.74) is -0.348. The molecule has 146 valence electrons. The van der Waals surface area contributed by atoms with Crippen LogP contribution in [-0.2, 0) is 17.5 Å². The largest absolute Gasteiger partial charge is 0.467 e. The van der Waals surface area contributed by atoms with Gasteiger partial charge in [0.15, 0.2) is 0 Å². The number of pyridine rings is 1. The Balaban J connectivity index is 1.62. The molecule has 1 saturated heterocycles. The van der Waals surface area contributed by atoms with Crippen LogP contribution in [0.1, 0.15) is 28.1 Å². The van der Waals surface area contributed by atoms with Crippen LogP contribution in [0.15, 0.2) is 35.1 Å². The normalized spacial score (nSPS) is 16.2. The number of alkyl halides is 3. The summed E-state index contributed by atoms with van der Waals surface area (Å²) < 4.78 is 48.2. The van der Waals surface area contributed by atoms with E-state index in [0.717, 1.165) is 25.2 Å². The predicted octanol–water partition coefficient (Wildman–Crippen LogP) is 3.19. The summed E-state index contributed by atoms with van der Waals surface area (Å²) in [6.45, 7) is 3.22. The van der Waals surface area contributed by atoms with Crippen LogP contribution < -0.4 is 4.90 Å². The van der Waals surface area contributed by atoms with E-state index in [0.29, 0.717) is 43.3 Å². The first-order chi connectivity index (χ1) is 12.9. The number of methoxy groups -OCH3 is 1. The van der Waals surface area contributed by atoms with Gasteiger partial charge in [0.25, 0.3) is 0 Å². The number of rotatable bonds is 4.